The van der Waals surface area contributed by atoms with Crippen LogP contribution in [0, 0.1) is 12.8 Å². The van der Waals surface area contributed by atoms with Gasteiger partial charge in [0.1, 0.15) is 5.82 Å². The van der Waals surface area contributed by atoms with Crippen LogP contribution in [-0.2, 0) is 16.6 Å². The highest BCUT2D eigenvalue weighted by molar-refractivity contribution is 7.89. The second-order valence-electron chi connectivity index (χ2n) is 5.07. The van der Waals surface area contributed by atoms with Crippen LogP contribution in [0.25, 0.3) is 0 Å². The summed E-state index contributed by atoms with van der Waals surface area (Å²) in [7, 11) is -1.94. The first kappa shape index (κ1) is 17.4. The summed E-state index contributed by atoms with van der Waals surface area (Å²) in [5.41, 5.74) is 5.72. The van der Waals surface area contributed by atoms with Gasteiger partial charge >= 0.3 is 0 Å². The quantitative estimate of drug-likeness (QED) is 0.847. The molecule has 0 spiro atoms. The Kier molecular flexibility index (Phi) is 5.60. The maximum Gasteiger partial charge on any atom is 0.262 e. The van der Waals surface area contributed by atoms with Gasteiger partial charge in [0.25, 0.3) is 10.0 Å². The minimum atomic E-state index is -3.55. The molecule has 1 unspecified atom stereocenters. The monoisotopic (exact) mass is 322 g/mol. The van der Waals surface area contributed by atoms with E-state index in [1.807, 2.05) is 18.4 Å². The third-order valence-electron chi connectivity index (χ3n) is 3.81. The zero-order valence-corrected chi connectivity index (χ0v) is 13.7. The molecule has 2 N–H and O–H groups in total. The summed E-state index contributed by atoms with van der Waals surface area (Å²) in [6.45, 7) is 4.83. The molecule has 1 aromatic rings. The number of imidazole rings is 1. The summed E-state index contributed by atoms with van der Waals surface area (Å²) in [5.74, 6) is 1.12. The van der Waals surface area contributed by atoms with Gasteiger partial charge in [-0.1, -0.05) is 0 Å². The molecular formula is C12H23ClN4O2S. The Hall–Kier alpha value is -0.630. The molecule has 1 heterocycles. The van der Waals surface area contributed by atoms with Crippen molar-refractivity contribution in [2.45, 2.75) is 44.3 Å². The largest absolute Gasteiger partial charge is 0.334 e. The summed E-state index contributed by atoms with van der Waals surface area (Å²) in [6, 6.07) is -0.114. The van der Waals surface area contributed by atoms with Gasteiger partial charge in [0.2, 0.25) is 0 Å². The number of nitrogens with zero attached hydrogens (tertiary/aromatic N) is 3. The molecule has 1 fully saturated rings. The molecule has 1 aromatic heterocycles. The number of aromatic nitrogens is 2. The summed E-state index contributed by atoms with van der Waals surface area (Å²) < 4.78 is 28.3. The molecule has 0 bridgehead atoms. The van der Waals surface area contributed by atoms with Crippen LogP contribution in [0.2, 0.25) is 0 Å². The molecule has 1 aliphatic carbocycles. The predicted molar refractivity (Wildman–Crippen MR) is 80.4 cm³/mol. The summed E-state index contributed by atoms with van der Waals surface area (Å²) in [6.07, 6.45) is 3.72. The second kappa shape index (κ2) is 6.43. The SMILES string of the molecule is CCn1cc(S(=O)(=O)N(C)C(CN)C2CC2)nc1C.Cl. The molecule has 0 aromatic carbocycles. The molecule has 20 heavy (non-hydrogen) atoms. The predicted octanol–water partition coefficient (Wildman–Crippen LogP) is 0.991. The maximum atomic E-state index is 12.5. The van der Waals surface area contributed by atoms with Crippen LogP contribution in [0.3, 0.4) is 0 Å². The van der Waals surface area contributed by atoms with Gasteiger partial charge in [-0.05, 0) is 32.6 Å². The van der Waals surface area contributed by atoms with Gasteiger partial charge in [-0.2, -0.15) is 4.31 Å². The number of rotatable bonds is 6. The normalized spacial score (nSPS) is 17.1. The van der Waals surface area contributed by atoms with Crippen LogP contribution < -0.4 is 5.73 Å². The molecule has 0 amide bonds. The molecule has 2 rings (SSSR count). The van der Waals surface area contributed by atoms with Crippen molar-refractivity contribution < 1.29 is 8.42 Å². The number of aryl methyl sites for hydroxylation is 2. The van der Waals surface area contributed by atoms with E-state index in [-0.39, 0.29) is 23.5 Å². The van der Waals surface area contributed by atoms with E-state index in [2.05, 4.69) is 4.98 Å². The Balaban J connectivity index is 0.00000200. The first-order valence-corrected chi connectivity index (χ1v) is 8.07. The van der Waals surface area contributed by atoms with E-state index < -0.39 is 10.0 Å². The third-order valence-corrected chi connectivity index (χ3v) is 5.57. The minimum absolute atomic E-state index is 0. The molecule has 1 atom stereocenters. The lowest BCUT2D eigenvalue weighted by molar-refractivity contribution is 0.339. The van der Waals surface area contributed by atoms with Gasteiger partial charge in [0.05, 0.1) is 0 Å². The number of hydrogen-bond acceptors (Lipinski definition) is 4. The van der Waals surface area contributed by atoms with Crippen LogP contribution in [0.15, 0.2) is 11.2 Å². The first-order valence-electron chi connectivity index (χ1n) is 6.63. The van der Waals surface area contributed by atoms with Crippen molar-refractivity contribution in [1.29, 1.82) is 0 Å². The Morgan fingerprint density at radius 2 is 2.15 bits per heavy atom. The standard InChI is InChI=1S/C12H22N4O2S.ClH/c1-4-16-8-12(14-9(16)2)19(17,18)15(3)11(7-13)10-5-6-10;/h8,10-11H,4-7,13H2,1-3H3;1H. The van der Waals surface area contributed by atoms with Crippen molar-refractivity contribution in [3.8, 4) is 0 Å². The van der Waals surface area contributed by atoms with E-state index in [0.717, 1.165) is 12.8 Å². The lowest BCUT2D eigenvalue weighted by atomic mass is 10.2. The molecule has 116 valence electrons. The number of nitrogens with two attached hydrogens (primary N) is 1. The first-order chi connectivity index (χ1) is 8.91. The Morgan fingerprint density at radius 3 is 2.55 bits per heavy atom. The zero-order chi connectivity index (χ0) is 14.2. The number of likely N-dealkylation sites (N-methyl/N-ethyl adjacent to an activating group) is 1. The van der Waals surface area contributed by atoms with E-state index in [4.69, 9.17) is 5.73 Å². The van der Waals surface area contributed by atoms with E-state index >= 15 is 0 Å². The fourth-order valence-corrected chi connectivity index (χ4v) is 3.79. The van der Waals surface area contributed by atoms with Crippen LogP contribution in [0.4, 0.5) is 0 Å². The van der Waals surface area contributed by atoms with Gasteiger partial charge in [-0.15, -0.1) is 12.4 Å². The van der Waals surface area contributed by atoms with Gasteiger partial charge in [0.15, 0.2) is 5.03 Å². The maximum absolute atomic E-state index is 12.5. The average Bonchev–Trinajstić information content (AvgIpc) is 3.12. The van der Waals surface area contributed by atoms with E-state index in [0.29, 0.717) is 24.8 Å². The zero-order valence-electron chi connectivity index (χ0n) is 12.1. The van der Waals surface area contributed by atoms with Crippen molar-refractivity contribution in [1.82, 2.24) is 13.9 Å². The number of hydrogen-bond donors (Lipinski definition) is 1. The van der Waals surface area contributed by atoms with Crippen LogP contribution >= 0.6 is 12.4 Å². The summed E-state index contributed by atoms with van der Waals surface area (Å²) in [5, 5.41) is 0.119. The second-order valence-corrected chi connectivity index (χ2v) is 7.02. The molecule has 0 saturated heterocycles. The molecule has 0 radical (unpaired) electrons. The average molecular weight is 323 g/mol. The molecule has 6 nitrogen and oxygen atoms in total. The lowest BCUT2D eigenvalue weighted by Gasteiger charge is -2.25. The number of halogens is 1. The van der Waals surface area contributed by atoms with Crippen molar-refractivity contribution in [3.05, 3.63) is 12.0 Å². The van der Waals surface area contributed by atoms with E-state index in [1.54, 1.807) is 13.2 Å². The molecule has 8 heteroatoms. The summed E-state index contributed by atoms with van der Waals surface area (Å²) >= 11 is 0. The van der Waals surface area contributed by atoms with Gasteiger partial charge in [-0.25, -0.2) is 13.4 Å². The van der Waals surface area contributed by atoms with Crippen molar-refractivity contribution in [2.75, 3.05) is 13.6 Å². The molecule has 1 aliphatic rings. The fraction of sp³-hybridized carbons (Fsp3) is 0.750. The lowest BCUT2D eigenvalue weighted by Crippen LogP contribution is -2.43. The van der Waals surface area contributed by atoms with E-state index in [9.17, 15) is 8.42 Å². The minimum Gasteiger partial charge on any atom is -0.334 e. The van der Waals surface area contributed by atoms with Crippen LogP contribution in [0.1, 0.15) is 25.6 Å². The van der Waals surface area contributed by atoms with Crippen LogP contribution in [0.5, 0.6) is 0 Å². The van der Waals surface area contributed by atoms with Gasteiger partial charge in [-0.3, -0.25) is 0 Å². The van der Waals surface area contributed by atoms with Crippen molar-refractivity contribution in [3.63, 3.8) is 0 Å². The van der Waals surface area contributed by atoms with Crippen LogP contribution in [-0.4, -0.2) is 41.9 Å². The molecule has 0 aliphatic heterocycles. The Morgan fingerprint density at radius 1 is 1.55 bits per heavy atom. The topological polar surface area (TPSA) is 81.2 Å². The van der Waals surface area contributed by atoms with Crippen molar-refractivity contribution in [2.24, 2.45) is 11.7 Å². The number of sulfonamides is 1. The fourth-order valence-electron chi connectivity index (χ4n) is 2.37. The highest BCUT2D eigenvalue weighted by atomic mass is 35.5. The van der Waals surface area contributed by atoms with Gasteiger partial charge in [0, 0.05) is 32.4 Å². The van der Waals surface area contributed by atoms with E-state index in [1.165, 1.54) is 4.31 Å². The molecular weight excluding hydrogens is 300 g/mol. The smallest absolute Gasteiger partial charge is 0.262 e. The highest BCUT2D eigenvalue weighted by Gasteiger charge is 2.39. The van der Waals surface area contributed by atoms with Crippen molar-refractivity contribution >= 4 is 22.4 Å². The Labute approximate surface area is 126 Å². The highest BCUT2D eigenvalue weighted by Crippen LogP contribution is 2.36. The molecule has 1 saturated carbocycles. The Bertz CT molecular complexity index is 554. The summed E-state index contributed by atoms with van der Waals surface area (Å²) in [4.78, 5) is 4.16. The van der Waals surface area contributed by atoms with Gasteiger partial charge < -0.3 is 10.3 Å². The third kappa shape index (κ3) is 3.16.